The second-order valence-electron chi connectivity index (χ2n) is 3.97. The molecule has 0 aliphatic heterocycles. The molecule has 0 rings (SSSR count). The summed E-state index contributed by atoms with van der Waals surface area (Å²) in [6, 6.07) is 0. The minimum atomic E-state index is -0.399. The SMILES string of the molecule is CCC/C=C/CCCCCOC(CO)CO. The molecule has 0 aromatic carbocycles. The summed E-state index contributed by atoms with van der Waals surface area (Å²) in [7, 11) is 0. The van der Waals surface area contributed by atoms with Gasteiger partial charge in [-0.05, 0) is 25.7 Å². The molecule has 0 unspecified atom stereocenters. The van der Waals surface area contributed by atoms with Crippen LogP contribution in [0, 0.1) is 0 Å². The van der Waals surface area contributed by atoms with Crippen LogP contribution in [0.4, 0.5) is 0 Å². The summed E-state index contributed by atoms with van der Waals surface area (Å²) in [5, 5.41) is 17.5. The van der Waals surface area contributed by atoms with Crippen LogP contribution in [0.25, 0.3) is 0 Å². The van der Waals surface area contributed by atoms with Crippen molar-refractivity contribution in [3.8, 4) is 0 Å². The van der Waals surface area contributed by atoms with Crippen LogP contribution in [0.1, 0.15) is 45.4 Å². The maximum atomic E-state index is 8.76. The van der Waals surface area contributed by atoms with Crippen molar-refractivity contribution in [1.82, 2.24) is 0 Å². The fraction of sp³-hybridized carbons (Fsp3) is 0.846. The molecule has 0 heterocycles. The van der Waals surface area contributed by atoms with Gasteiger partial charge in [0.2, 0.25) is 0 Å². The van der Waals surface area contributed by atoms with Crippen LogP contribution < -0.4 is 0 Å². The maximum Gasteiger partial charge on any atom is 0.104 e. The Bertz CT molecular complexity index is 153. The van der Waals surface area contributed by atoms with E-state index in [0.717, 1.165) is 19.3 Å². The molecule has 0 fully saturated rings. The zero-order chi connectivity index (χ0) is 12.1. The van der Waals surface area contributed by atoms with Crippen LogP contribution in [0.15, 0.2) is 12.2 Å². The van der Waals surface area contributed by atoms with Crippen LogP contribution >= 0.6 is 0 Å². The molecule has 2 N–H and O–H groups in total. The largest absolute Gasteiger partial charge is 0.394 e. The lowest BCUT2D eigenvalue weighted by atomic mass is 10.2. The lowest BCUT2D eigenvalue weighted by molar-refractivity contribution is -0.0208. The molecule has 0 aromatic heterocycles. The van der Waals surface area contributed by atoms with E-state index in [2.05, 4.69) is 19.1 Å². The third-order valence-electron chi connectivity index (χ3n) is 2.40. The van der Waals surface area contributed by atoms with Crippen molar-refractivity contribution < 1.29 is 14.9 Å². The fourth-order valence-electron chi connectivity index (χ4n) is 1.36. The first-order valence-corrected chi connectivity index (χ1v) is 6.33. The van der Waals surface area contributed by atoms with E-state index in [9.17, 15) is 0 Å². The van der Waals surface area contributed by atoms with Gasteiger partial charge in [-0.15, -0.1) is 0 Å². The Morgan fingerprint density at radius 3 is 2.31 bits per heavy atom. The Morgan fingerprint density at radius 1 is 1.00 bits per heavy atom. The predicted octanol–water partition coefficient (Wildman–Crippen LogP) is 2.27. The highest BCUT2D eigenvalue weighted by Gasteiger charge is 2.03. The number of hydrogen-bond acceptors (Lipinski definition) is 3. The van der Waals surface area contributed by atoms with Crippen molar-refractivity contribution in [2.24, 2.45) is 0 Å². The van der Waals surface area contributed by atoms with Gasteiger partial charge in [-0.3, -0.25) is 0 Å². The number of aliphatic hydroxyl groups is 2. The molecular formula is C13H26O3. The van der Waals surface area contributed by atoms with E-state index in [0.29, 0.717) is 6.61 Å². The van der Waals surface area contributed by atoms with E-state index in [1.54, 1.807) is 0 Å². The van der Waals surface area contributed by atoms with E-state index >= 15 is 0 Å². The molecule has 0 aliphatic rings. The van der Waals surface area contributed by atoms with Crippen LogP contribution in [0.3, 0.4) is 0 Å². The summed E-state index contributed by atoms with van der Waals surface area (Å²) in [4.78, 5) is 0. The van der Waals surface area contributed by atoms with Gasteiger partial charge in [-0.2, -0.15) is 0 Å². The second kappa shape index (κ2) is 12.7. The highest BCUT2D eigenvalue weighted by molar-refractivity contribution is 4.80. The normalized spacial score (nSPS) is 11.8. The molecule has 0 aromatic rings. The minimum absolute atomic E-state index is 0.101. The Balaban J connectivity index is 3.15. The summed E-state index contributed by atoms with van der Waals surface area (Å²) in [5.74, 6) is 0. The van der Waals surface area contributed by atoms with Gasteiger partial charge in [0.25, 0.3) is 0 Å². The van der Waals surface area contributed by atoms with Gasteiger partial charge in [0.15, 0.2) is 0 Å². The molecule has 0 amide bonds. The first kappa shape index (κ1) is 15.6. The van der Waals surface area contributed by atoms with Crippen LogP contribution in [0.2, 0.25) is 0 Å². The highest BCUT2D eigenvalue weighted by atomic mass is 16.5. The third kappa shape index (κ3) is 10.1. The number of hydrogen-bond donors (Lipinski definition) is 2. The molecule has 3 heteroatoms. The topological polar surface area (TPSA) is 49.7 Å². The van der Waals surface area contributed by atoms with E-state index in [1.165, 1.54) is 19.3 Å². The lowest BCUT2D eigenvalue weighted by Gasteiger charge is -2.11. The van der Waals surface area contributed by atoms with Gasteiger partial charge in [-0.1, -0.05) is 31.9 Å². The van der Waals surface area contributed by atoms with E-state index in [4.69, 9.17) is 14.9 Å². The van der Waals surface area contributed by atoms with Crippen molar-refractivity contribution >= 4 is 0 Å². The number of aliphatic hydroxyl groups excluding tert-OH is 2. The average Bonchev–Trinajstić information content (AvgIpc) is 2.32. The van der Waals surface area contributed by atoms with Crippen molar-refractivity contribution in [2.75, 3.05) is 19.8 Å². The monoisotopic (exact) mass is 230 g/mol. The van der Waals surface area contributed by atoms with E-state index in [-0.39, 0.29) is 13.2 Å². The van der Waals surface area contributed by atoms with Crippen molar-refractivity contribution in [3.05, 3.63) is 12.2 Å². The van der Waals surface area contributed by atoms with Crippen molar-refractivity contribution in [3.63, 3.8) is 0 Å². The average molecular weight is 230 g/mol. The molecule has 16 heavy (non-hydrogen) atoms. The van der Waals surface area contributed by atoms with Crippen LogP contribution in [-0.4, -0.2) is 36.1 Å². The van der Waals surface area contributed by atoms with Gasteiger partial charge < -0.3 is 14.9 Å². The van der Waals surface area contributed by atoms with Crippen molar-refractivity contribution in [2.45, 2.75) is 51.6 Å². The standard InChI is InChI=1S/C13H26O3/c1-2-3-4-5-6-7-8-9-10-16-13(11-14)12-15/h4-5,13-15H,2-3,6-12H2,1H3/b5-4+. The van der Waals surface area contributed by atoms with Gasteiger partial charge in [0.1, 0.15) is 6.10 Å². The first-order valence-electron chi connectivity index (χ1n) is 6.33. The van der Waals surface area contributed by atoms with Crippen LogP contribution in [-0.2, 0) is 4.74 Å². The number of rotatable bonds is 11. The smallest absolute Gasteiger partial charge is 0.104 e. The van der Waals surface area contributed by atoms with Crippen LogP contribution in [0.5, 0.6) is 0 Å². The van der Waals surface area contributed by atoms with Crippen molar-refractivity contribution in [1.29, 1.82) is 0 Å². The maximum absolute atomic E-state index is 8.76. The molecule has 0 spiro atoms. The number of ether oxygens (including phenoxy) is 1. The number of allylic oxidation sites excluding steroid dienone is 2. The zero-order valence-corrected chi connectivity index (χ0v) is 10.4. The molecule has 0 bridgehead atoms. The number of unbranched alkanes of at least 4 members (excludes halogenated alkanes) is 4. The third-order valence-corrected chi connectivity index (χ3v) is 2.40. The summed E-state index contributed by atoms with van der Waals surface area (Å²) in [6.07, 6.45) is 10.9. The van der Waals surface area contributed by atoms with Gasteiger partial charge in [0, 0.05) is 6.61 Å². The fourth-order valence-corrected chi connectivity index (χ4v) is 1.36. The molecule has 96 valence electrons. The molecular weight excluding hydrogens is 204 g/mol. The highest BCUT2D eigenvalue weighted by Crippen LogP contribution is 2.03. The molecule has 0 atom stereocenters. The molecule has 0 saturated heterocycles. The van der Waals surface area contributed by atoms with E-state index in [1.807, 2.05) is 0 Å². The quantitative estimate of drug-likeness (QED) is 0.423. The summed E-state index contributed by atoms with van der Waals surface area (Å²) < 4.78 is 5.27. The molecule has 0 saturated carbocycles. The Hall–Kier alpha value is -0.380. The summed E-state index contributed by atoms with van der Waals surface area (Å²) in [5.41, 5.74) is 0. The zero-order valence-electron chi connectivity index (χ0n) is 10.4. The lowest BCUT2D eigenvalue weighted by Crippen LogP contribution is -2.22. The van der Waals surface area contributed by atoms with E-state index < -0.39 is 6.10 Å². The first-order chi connectivity index (χ1) is 7.85. The van der Waals surface area contributed by atoms with Gasteiger partial charge >= 0.3 is 0 Å². The Labute approximate surface area is 99.1 Å². The Kier molecular flexibility index (Phi) is 12.4. The van der Waals surface area contributed by atoms with Gasteiger partial charge in [-0.25, -0.2) is 0 Å². The van der Waals surface area contributed by atoms with Gasteiger partial charge in [0.05, 0.1) is 13.2 Å². The molecule has 0 aliphatic carbocycles. The molecule has 3 nitrogen and oxygen atoms in total. The predicted molar refractivity (Wildman–Crippen MR) is 66.4 cm³/mol. The molecule has 0 radical (unpaired) electrons. The summed E-state index contributed by atoms with van der Waals surface area (Å²) >= 11 is 0. The summed E-state index contributed by atoms with van der Waals surface area (Å²) in [6.45, 7) is 2.61. The second-order valence-corrected chi connectivity index (χ2v) is 3.97. The Morgan fingerprint density at radius 2 is 1.69 bits per heavy atom. The minimum Gasteiger partial charge on any atom is -0.394 e.